The highest BCUT2D eigenvalue weighted by atomic mass is 35.5. The van der Waals surface area contributed by atoms with Crippen LogP contribution < -0.4 is 10.1 Å². The zero-order chi connectivity index (χ0) is 22.4. The van der Waals surface area contributed by atoms with Crippen LogP contribution in [0.3, 0.4) is 0 Å². The predicted molar refractivity (Wildman–Crippen MR) is 122 cm³/mol. The van der Waals surface area contributed by atoms with E-state index in [0.717, 1.165) is 11.3 Å². The number of nitrogens with one attached hydrogen (secondary N) is 1. The zero-order valence-corrected chi connectivity index (χ0v) is 19.5. The minimum atomic E-state index is -3.65. The number of nitrogens with zero attached hydrogens (tertiary/aromatic N) is 1. The minimum Gasteiger partial charge on any atom is -0.491 e. The third kappa shape index (κ3) is 5.99. The highest BCUT2D eigenvalue weighted by Gasteiger charge is 2.33. The summed E-state index contributed by atoms with van der Waals surface area (Å²) in [5.74, 6) is 0.654. The number of sulfonamides is 1. The van der Waals surface area contributed by atoms with Crippen molar-refractivity contribution in [2.24, 2.45) is 5.92 Å². The van der Waals surface area contributed by atoms with Crippen molar-refractivity contribution in [2.75, 3.05) is 26.2 Å². The molecule has 168 valence electrons. The fraction of sp³-hybridized carbons (Fsp3) is 0.435. The number of piperidine rings is 1. The summed E-state index contributed by atoms with van der Waals surface area (Å²) in [7, 11) is -3.65. The molecule has 1 atom stereocenters. The molecule has 1 fully saturated rings. The van der Waals surface area contributed by atoms with Crippen molar-refractivity contribution < 1.29 is 17.9 Å². The Morgan fingerprint density at radius 3 is 2.61 bits per heavy atom. The van der Waals surface area contributed by atoms with E-state index < -0.39 is 10.0 Å². The van der Waals surface area contributed by atoms with E-state index in [1.807, 2.05) is 24.3 Å². The summed E-state index contributed by atoms with van der Waals surface area (Å²) in [6, 6.07) is 14.0. The number of carbonyl (C=O) groups excluding carboxylic acids is 1. The van der Waals surface area contributed by atoms with Crippen LogP contribution in [0, 0.1) is 5.92 Å². The maximum atomic E-state index is 12.9. The van der Waals surface area contributed by atoms with Gasteiger partial charge in [0.1, 0.15) is 12.4 Å². The molecule has 0 unspecified atom stereocenters. The van der Waals surface area contributed by atoms with Gasteiger partial charge in [-0.3, -0.25) is 4.79 Å². The highest BCUT2D eigenvalue weighted by molar-refractivity contribution is 7.89. The topological polar surface area (TPSA) is 75.7 Å². The van der Waals surface area contributed by atoms with Gasteiger partial charge in [-0.2, -0.15) is 4.31 Å². The molecule has 0 radical (unpaired) electrons. The Balaban J connectivity index is 1.52. The van der Waals surface area contributed by atoms with Gasteiger partial charge in [0, 0.05) is 18.1 Å². The number of amides is 1. The van der Waals surface area contributed by atoms with Crippen LogP contribution in [0.4, 0.5) is 0 Å². The van der Waals surface area contributed by atoms with Crippen LogP contribution in [0.2, 0.25) is 5.02 Å². The first-order valence-corrected chi connectivity index (χ1v) is 12.4. The molecule has 1 aliphatic heterocycles. The molecule has 2 aromatic carbocycles. The van der Waals surface area contributed by atoms with Crippen molar-refractivity contribution in [3.05, 3.63) is 59.1 Å². The third-order valence-electron chi connectivity index (χ3n) is 5.41. The van der Waals surface area contributed by atoms with Crippen molar-refractivity contribution in [1.82, 2.24) is 9.62 Å². The summed E-state index contributed by atoms with van der Waals surface area (Å²) in [6.07, 6.45) is 1.30. The van der Waals surface area contributed by atoms with Crippen molar-refractivity contribution in [1.29, 1.82) is 0 Å². The van der Waals surface area contributed by atoms with Gasteiger partial charge in [-0.25, -0.2) is 8.42 Å². The third-order valence-corrected chi connectivity index (χ3v) is 7.54. The molecule has 1 N–H and O–H groups in total. The molecule has 1 heterocycles. The van der Waals surface area contributed by atoms with Crippen LogP contribution in [-0.4, -0.2) is 44.9 Å². The lowest BCUT2D eigenvalue weighted by Gasteiger charge is -2.31. The molecule has 6 nitrogen and oxygen atoms in total. The molecule has 0 aliphatic carbocycles. The fourth-order valence-corrected chi connectivity index (χ4v) is 5.35. The van der Waals surface area contributed by atoms with Gasteiger partial charge in [0.2, 0.25) is 15.9 Å². The van der Waals surface area contributed by atoms with Crippen molar-refractivity contribution in [3.63, 3.8) is 0 Å². The van der Waals surface area contributed by atoms with Gasteiger partial charge in [-0.15, -0.1) is 0 Å². The lowest BCUT2D eigenvalue weighted by Crippen LogP contribution is -2.45. The average Bonchev–Trinajstić information content (AvgIpc) is 2.77. The van der Waals surface area contributed by atoms with Crippen LogP contribution in [0.5, 0.6) is 5.75 Å². The number of carbonyl (C=O) groups is 1. The van der Waals surface area contributed by atoms with E-state index in [1.165, 1.54) is 16.4 Å². The number of rotatable bonds is 8. The summed E-state index contributed by atoms with van der Waals surface area (Å²) < 4.78 is 33.0. The number of hydrogen-bond donors (Lipinski definition) is 1. The monoisotopic (exact) mass is 464 g/mol. The molecule has 0 aromatic heterocycles. The molecule has 0 spiro atoms. The van der Waals surface area contributed by atoms with E-state index in [4.69, 9.17) is 16.3 Å². The maximum Gasteiger partial charge on any atom is 0.243 e. The van der Waals surface area contributed by atoms with E-state index in [2.05, 4.69) is 19.2 Å². The first kappa shape index (κ1) is 23.6. The molecule has 0 bridgehead atoms. The Labute approximate surface area is 189 Å². The number of hydrogen-bond acceptors (Lipinski definition) is 4. The quantitative estimate of drug-likeness (QED) is 0.598. The second kappa shape index (κ2) is 10.5. The Bertz CT molecular complexity index is 993. The smallest absolute Gasteiger partial charge is 0.243 e. The number of benzene rings is 2. The Morgan fingerprint density at radius 1 is 1.19 bits per heavy atom. The van der Waals surface area contributed by atoms with Crippen LogP contribution >= 0.6 is 11.6 Å². The summed E-state index contributed by atoms with van der Waals surface area (Å²) in [5, 5.41) is 3.37. The standard InChI is InChI=1S/C23H29ClN2O4S/c1-17(2)21-7-3-4-8-22(21)30-15-13-25-23(27)18-6-5-14-26(16-18)31(28,29)20-11-9-19(24)10-12-20/h3-4,7-12,17-18H,5-6,13-16H2,1-2H3,(H,25,27)/t18-/m1/s1. The molecule has 8 heteroatoms. The molecule has 1 amide bonds. The largest absolute Gasteiger partial charge is 0.491 e. The van der Waals surface area contributed by atoms with Crippen LogP contribution in [0.25, 0.3) is 0 Å². The predicted octanol–water partition coefficient (Wildman–Crippen LogP) is 4.06. The Hall–Kier alpha value is -2.09. The van der Waals surface area contributed by atoms with E-state index in [1.54, 1.807) is 12.1 Å². The molecule has 1 saturated heterocycles. The van der Waals surface area contributed by atoms with Gasteiger partial charge in [0.15, 0.2) is 0 Å². The Kier molecular flexibility index (Phi) is 7.97. The summed E-state index contributed by atoms with van der Waals surface area (Å²) in [6.45, 7) is 5.52. The van der Waals surface area contributed by atoms with Crippen molar-refractivity contribution >= 4 is 27.5 Å². The molecule has 31 heavy (non-hydrogen) atoms. The van der Waals surface area contributed by atoms with Crippen LogP contribution in [-0.2, 0) is 14.8 Å². The molecule has 1 aliphatic rings. The van der Waals surface area contributed by atoms with Gasteiger partial charge in [-0.05, 0) is 54.7 Å². The first-order valence-electron chi connectivity index (χ1n) is 10.5. The summed E-state index contributed by atoms with van der Waals surface area (Å²) in [5.41, 5.74) is 1.13. The van der Waals surface area contributed by atoms with Crippen LogP contribution in [0.1, 0.15) is 38.2 Å². The van der Waals surface area contributed by atoms with E-state index in [0.29, 0.717) is 43.5 Å². The van der Waals surface area contributed by atoms with Gasteiger partial charge in [0.25, 0.3) is 0 Å². The normalized spacial score (nSPS) is 17.5. The van der Waals surface area contributed by atoms with Gasteiger partial charge >= 0.3 is 0 Å². The first-order chi connectivity index (χ1) is 14.8. The van der Waals surface area contributed by atoms with Gasteiger partial charge in [-0.1, -0.05) is 43.6 Å². The highest BCUT2D eigenvalue weighted by Crippen LogP contribution is 2.26. The molecule has 2 aromatic rings. The van der Waals surface area contributed by atoms with Crippen molar-refractivity contribution in [3.8, 4) is 5.75 Å². The van der Waals surface area contributed by atoms with E-state index >= 15 is 0 Å². The van der Waals surface area contributed by atoms with Gasteiger partial charge in [0.05, 0.1) is 17.4 Å². The molecule has 0 saturated carbocycles. The number of halogens is 1. The molecule has 3 rings (SSSR count). The summed E-state index contributed by atoms with van der Waals surface area (Å²) >= 11 is 5.86. The maximum absolute atomic E-state index is 12.9. The number of ether oxygens (including phenoxy) is 1. The second-order valence-corrected chi connectivity index (χ2v) is 10.4. The second-order valence-electron chi connectivity index (χ2n) is 7.99. The van der Waals surface area contributed by atoms with E-state index in [-0.39, 0.29) is 23.3 Å². The van der Waals surface area contributed by atoms with E-state index in [9.17, 15) is 13.2 Å². The number of para-hydroxylation sites is 1. The van der Waals surface area contributed by atoms with Gasteiger partial charge < -0.3 is 10.1 Å². The lowest BCUT2D eigenvalue weighted by atomic mass is 9.99. The SMILES string of the molecule is CC(C)c1ccccc1OCCNC(=O)[C@@H]1CCCN(S(=O)(=O)c2ccc(Cl)cc2)C1. The summed E-state index contributed by atoms with van der Waals surface area (Å²) in [4.78, 5) is 12.8. The fourth-order valence-electron chi connectivity index (χ4n) is 3.70. The van der Waals surface area contributed by atoms with Crippen molar-refractivity contribution in [2.45, 2.75) is 37.5 Å². The minimum absolute atomic E-state index is 0.142. The lowest BCUT2D eigenvalue weighted by molar-refractivity contribution is -0.126. The molecular weight excluding hydrogens is 436 g/mol. The average molecular weight is 465 g/mol. The zero-order valence-electron chi connectivity index (χ0n) is 17.9. The molecular formula is C23H29ClN2O4S. The van der Waals surface area contributed by atoms with Crippen LogP contribution in [0.15, 0.2) is 53.4 Å². The Morgan fingerprint density at radius 2 is 1.90 bits per heavy atom.